The lowest BCUT2D eigenvalue weighted by molar-refractivity contribution is -0.384. The van der Waals surface area contributed by atoms with Gasteiger partial charge < -0.3 is 10.1 Å². The van der Waals surface area contributed by atoms with E-state index in [1.807, 2.05) is 18.2 Å². The summed E-state index contributed by atoms with van der Waals surface area (Å²) in [5, 5.41) is 13.3. The molecule has 2 aromatic rings. The van der Waals surface area contributed by atoms with Crippen molar-refractivity contribution in [3.63, 3.8) is 0 Å². The topological polar surface area (TPSA) is 81.5 Å². The molecule has 1 unspecified atom stereocenters. The zero-order valence-electron chi connectivity index (χ0n) is 16.1. The maximum atomic E-state index is 12.6. The number of carbonyl (C=O) groups excluding carboxylic acids is 1. The summed E-state index contributed by atoms with van der Waals surface area (Å²) in [5.41, 5.74) is 1.70. The van der Waals surface area contributed by atoms with Gasteiger partial charge in [-0.15, -0.1) is 11.8 Å². The van der Waals surface area contributed by atoms with Crippen LogP contribution in [0.15, 0.2) is 47.4 Å². The molecule has 0 fully saturated rings. The average molecular weight is 388 g/mol. The Bertz CT molecular complexity index is 829. The molecule has 1 atom stereocenters. The number of hydrogen-bond donors (Lipinski definition) is 1. The summed E-state index contributed by atoms with van der Waals surface area (Å²) in [6.07, 6.45) is 0. The number of hydrogen-bond acceptors (Lipinski definition) is 5. The maximum Gasteiger partial charge on any atom is 0.269 e. The Morgan fingerprint density at radius 1 is 1.19 bits per heavy atom. The summed E-state index contributed by atoms with van der Waals surface area (Å²) < 4.78 is 5.36. The second-order valence-corrected chi connectivity index (χ2v) is 8.58. The highest BCUT2D eigenvalue weighted by Crippen LogP contribution is 2.32. The van der Waals surface area contributed by atoms with Crippen LogP contribution in [0, 0.1) is 10.1 Å². The molecule has 0 bridgehead atoms. The summed E-state index contributed by atoms with van der Waals surface area (Å²) in [4.78, 5) is 23.7. The molecule has 0 saturated carbocycles. The van der Waals surface area contributed by atoms with Gasteiger partial charge in [-0.3, -0.25) is 14.9 Å². The lowest BCUT2D eigenvalue weighted by Gasteiger charge is -2.22. The first kappa shape index (κ1) is 20.8. The largest absolute Gasteiger partial charge is 0.495 e. The number of anilines is 1. The minimum absolute atomic E-state index is 0.0280. The normalized spacial score (nSPS) is 12.3. The Balaban J connectivity index is 2.12. The third kappa shape index (κ3) is 5.47. The molecule has 0 radical (unpaired) electrons. The SMILES string of the molecule is COc1ccc(C(C)(C)C)cc1NC(=O)C(C)Sc1ccc([N+](=O)[O-])cc1. The molecule has 0 aliphatic rings. The zero-order chi connectivity index (χ0) is 20.2. The first-order valence-corrected chi connectivity index (χ1v) is 9.40. The van der Waals surface area contributed by atoms with Crippen LogP contribution in [-0.4, -0.2) is 23.2 Å². The van der Waals surface area contributed by atoms with Crippen molar-refractivity contribution in [3.8, 4) is 5.75 Å². The Morgan fingerprint density at radius 2 is 1.81 bits per heavy atom. The van der Waals surface area contributed by atoms with Gasteiger partial charge in [-0.05, 0) is 42.2 Å². The lowest BCUT2D eigenvalue weighted by atomic mass is 9.87. The Morgan fingerprint density at radius 3 is 2.33 bits per heavy atom. The second kappa shape index (κ2) is 8.43. The third-order valence-electron chi connectivity index (χ3n) is 4.05. The molecule has 0 saturated heterocycles. The van der Waals surface area contributed by atoms with E-state index in [0.717, 1.165) is 10.5 Å². The van der Waals surface area contributed by atoms with E-state index in [9.17, 15) is 14.9 Å². The van der Waals surface area contributed by atoms with E-state index >= 15 is 0 Å². The first-order valence-electron chi connectivity index (χ1n) is 8.52. The summed E-state index contributed by atoms with van der Waals surface area (Å²) in [6, 6.07) is 11.9. The van der Waals surface area contributed by atoms with Crippen LogP contribution in [0.1, 0.15) is 33.3 Å². The van der Waals surface area contributed by atoms with Crippen LogP contribution in [0.25, 0.3) is 0 Å². The third-order valence-corrected chi connectivity index (χ3v) is 5.16. The molecule has 2 rings (SSSR count). The molecule has 7 heteroatoms. The van der Waals surface area contributed by atoms with Crippen LogP contribution in [0.2, 0.25) is 0 Å². The van der Waals surface area contributed by atoms with Gasteiger partial charge in [0.1, 0.15) is 5.75 Å². The van der Waals surface area contributed by atoms with Crippen LogP contribution in [-0.2, 0) is 10.2 Å². The number of non-ortho nitro benzene ring substituents is 1. The molecular weight excluding hydrogens is 364 g/mol. The number of benzene rings is 2. The van der Waals surface area contributed by atoms with Gasteiger partial charge >= 0.3 is 0 Å². The summed E-state index contributed by atoms with van der Waals surface area (Å²) in [6.45, 7) is 8.11. The fraction of sp³-hybridized carbons (Fsp3) is 0.350. The van der Waals surface area contributed by atoms with Crippen molar-refractivity contribution in [2.24, 2.45) is 0 Å². The van der Waals surface area contributed by atoms with Gasteiger partial charge in [-0.1, -0.05) is 26.8 Å². The number of thioether (sulfide) groups is 1. The molecule has 1 N–H and O–H groups in total. The van der Waals surface area contributed by atoms with E-state index in [0.29, 0.717) is 11.4 Å². The second-order valence-electron chi connectivity index (χ2n) is 7.17. The predicted molar refractivity (Wildman–Crippen MR) is 109 cm³/mol. The van der Waals surface area contributed by atoms with Gasteiger partial charge in [-0.25, -0.2) is 0 Å². The first-order chi connectivity index (χ1) is 12.6. The van der Waals surface area contributed by atoms with Crippen molar-refractivity contribution < 1.29 is 14.5 Å². The Hall–Kier alpha value is -2.54. The van der Waals surface area contributed by atoms with Crippen LogP contribution >= 0.6 is 11.8 Å². The van der Waals surface area contributed by atoms with E-state index in [4.69, 9.17) is 4.74 Å². The zero-order valence-corrected chi connectivity index (χ0v) is 16.9. The van der Waals surface area contributed by atoms with E-state index in [-0.39, 0.29) is 22.3 Å². The van der Waals surface area contributed by atoms with Gasteiger partial charge in [0.2, 0.25) is 5.91 Å². The number of carbonyl (C=O) groups is 1. The maximum absolute atomic E-state index is 12.6. The van der Waals surface area contributed by atoms with Gasteiger partial charge in [0, 0.05) is 17.0 Å². The average Bonchev–Trinajstić information content (AvgIpc) is 2.61. The van der Waals surface area contributed by atoms with Crippen molar-refractivity contribution in [1.29, 1.82) is 0 Å². The summed E-state index contributed by atoms with van der Waals surface area (Å²) >= 11 is 1.34. The van der Waals surface area contributed by atoms with Crippen molar-refractivity contribution in [3.05, 3.63) is 58.1 Å². The monoisotopic (exact) mass is 388 g/mol. The minimum Gasteiger partial charge on any atom is -0.495 e. The van der Waals surface area contributed by atoms with Crippen molar-refractivity contribution in [2.75, 3.05) is 12.4 Å². The number of rotatable bonds is 6. The molecule has 144 valence electrons. The number of nitro benzene ring substituents is 1. The van der Waals surface area contributed by atoms with Crippen LogP contribution in [0.3, 0.4) is 0 Å². The lowest BCUT2D eigenvalue weighted by Crippen LogP contribution is -2.23. The van der Waals surface area contributed by atoms with Gasteiger partial charge in [0.25, 0.3) is 5.69 Å². The summed E-state index contributed by atoms with van der Waals surface area (Å²) in [7, 11) is 1.57. The fourth-order valence-electron chi connectivity index (χ4n) is 2.41. The highest BCUT2D eigenvalue weighted by Gasteiger charge is 2.20. The Labute approximate surface area is 163 Å². The van der Waals surface area contributed by atoms with E-state index in [1.165, 1.54) is 23.9 Å². The molecule has 1 amide bonds. The highest BCUT2D eigenvalue weighted by molar-refractivity contribution is 8.00. The van der Waals surface area contributed by atoms with Gasteiger partial charge in [-0.2, -0.15) is 0 Å². The number of nitro groups is 1. The van der Waals surface area contributed by atoms with E-state index < -0.39 is 4.92 Å². The number of nitrogens with one attached hydrogen (secondary N) is 1. The molecule has 0 aromatic heterocycles. The standard InChI is InChI=1S/C20H24N2O4S/c1-13(27-16-9-7-15(8-10-16)22(24)25)19(23)21-17-12-14(20(2,3)4)6-11-18(17)26-5/h6-13H,1-5H3,(H,21,23). The predicted octanol–water partition coefficient (Wildman–Crippen LogP) is 5.02. The van der Waals surface area contributed by atoms with Crippen molar-refractivity contribution in [1.82, 2.24) is 0 Å². The van der Waals surface area contributed by atoms with Crippen LogP contribution in [0.5, 0.6) is 5.75 Å². The van der Waals surface area contributed by atoms with Gasteiger partial charge in [0.15, 0.2) is 0 Å². The smallest absolute Gasteiger partial charge is 0.269 e. The van der Waals surface area contributed by atoms with Gasteiger partial charge in [0.05, 0.1) is 23.0 Å². The molecule has 27 heavy (non-hydrogen) atoms. The number of nitrogens with zero attached hydrogens (tertiary/aromatic N) is 1. The van der Waals surface area contributed by atoms with Crippen LogP contribution < -0.4 is 10.1 Å². The number of ether oxygens (including phenoxy) is 1. The molecular formula is C20H24N2O4S. The van der Waals surface area contributed by atoms with E-state index in [2.05, 4.69) is 26.1 Å². The molecule has 6 nitrogen and oxygen atoms in total. The molecule has 0 spiro atoms. The fourth-order valence-corrected chi connectivity index (χ4v) is 3.28. The minimum atomic E-state index is -0.445. The number of methoxy groups -OCH3 is 1. The summed E-state index contributed by atoms with van der Waals surface area (Å²) in [5.74, 6) is 0.437. The highest BCUT2D eigenvalue weighted by atomic mass is 32.2. The molecule has 0 heterocycles. The molecule has 0 aliphatic heterocycles. The Kier molecular flexibility index (Phi) is 6.49. The molecule has 0 aliphatic carbocycles. The van der Waals surface area contributed by atoms with Crippen LogP contribution in [0.4, 0.5) is 11.4 Å². The molecule has 2 aromatic carbocycles. The number of amides is 1. The van der Waals surface area contributed by atoms with Crippen molar-refractivity contribution in [2.45, 2.75) is 43.3 Å². The van der Waals surface area contributed by atoms with Crippen molar-refractivity contribution >= 4 is 29.0 Å². The quantitative estimate of drug-likeness (QED) is 0.427. The van der Waals surface area contributed by atoms with E-state index in [1.54, 1.807) is 26.2 Å².